The summed E-state index contributed by atoms with van der Waals surface area (Å²) in [5.41, 5.74) is 7.41. The summed E-state index contributed by atoms with van der Waals surface area (Å²) in [6.45, 7) is 1.09. The molecule has 1 saturated carbocycles. The molecule has 2 rings (SSSR count). The first-order valence-electron chi connectivity index (χ1n) is 5.60. The molecule has 1 aliphatic rings. The van der Waals surface area contributed by atoms with E-state index in [4.69, 9.17) is 10.9 Å². The molecule has 0 unspecified atom stereocenters. The monoisotopic (exact) mass is 297 g/mol. The van der Waals surface area contributed by atoms with Crippen molar-refractivity contribution in [3.8, 4) is 0 Å². The third-order valence-electron chi connectivity index (χ3n) is 3.01. The maximum Gasteiger partial charge on any atom is 0.171 e. The first-order valence-corrected chi connectivity index (χ1v) is 6.39. The van der Waals surface area contributed by atoms with Crippen molar-refractivity contribution in [3.05, 3.63) is 28.2 Å². The van der Waals surface area contributed by atoms with Crippen LogP contribution in [-0.4, -0.2) is 24.6 Å². The van der Waals surface area contributed by atoms with E-state index in [9.17, 15) is 0 Å². The number of hydrogen-bond donors (Lipinski definition) is 2. The summed E-state index contributed by atoms with van der Waals surface area (Å²) in [6, 6.07) is 5.84. The highest BCUT2D eigenvalue weighted by Crippen LogP contribution is 2.31. The predicted molar refractivity (Wildman–Crippen MR) is 72.6 cm³/mol. The van der Waals surface area contributed by atoms with Gasteiger partial charge in [0.25, 0.3) is 0 Å². The van der Waals surface area contributed by atoms with Gasteiger partial charge in [0.2, 0.25) is 0 Å². The lowest BCUT2D eigenvalue weighted by Crippen LogP contribution is -2.20. The molecule has 92 valence electrons. The number of anilines is 1. The molecule has 17 heavy (non-hydrogen) atoms. The minimum atomic E-state index is 0.119. The van der Waals surface area contributed by atoms with E-state index >= 15 is 0 Å². The molecule has 3 N–H and O–H groups in total. The largest absolute Gasteiger partial charge is 0.409 e. The quantitative estimate of drug-likeness (QED) is 0.388. The van der Waals surface area contributed by atoms with Crippen LogP contribution in [0.5, 0.6) is 0 Å². The van der Waals surface area contributed by atoms with E-state index in [1.807, 2.05) is 18.2 Å². The van der Waals surface area contributed by atoms with Crippen molar-refractivity contribution in [2.75, 3.05) is 18.5 Å². The number of nitrogens with zero attached hydrogens (tertiary/aromatic N) is 2. The van der Waals surface area contributed by atoms with E-state index in [-0.39, 0.29) is 5.84 Å². The number of oxime groups is 1. The van der Waals surface area contributed by atoms with Crippen LogP contribution in [-0.2, 0) is 0 Å². The van der Waals surface area contributed by atoms with Crippen LogP contribution in [0.3, 0.4) is 0 Å². The highest BCUT2D eigenvalue weighted by atomic mass is 79.9. The second-order valence-electron chi connectivity index (χ2n) is 4.47. The Kier molecular flexibility index (Phi) is 3.57. The van der Waals surface area contributed by atoms with Crippen molar-refractivity contribution in [3.63, 3.8) is 0 Å². The Labute approximate surface area is 109 Å². The van der Waals surface area contributed by atoms with Gasteiger partial charge in [0.15, 0.2) is 5.84 Å². The Morgan fingerprint density at radius 3 is 2.82 bits per heavy atom. The third kappa shape index (κ3) is 2.91. The molecule has 0 aliphatic heterocycles. The number of benzene rings is 1. The number of nitrogens with two attached hydrogens (primary N) is 1. The van der Waals surface area contributed by atoms with Gasteiger partial charge in [0.05, 0.1) is 0 Å². The lowest BCUT2D eigenvalue weighted by molar-refractivity contribution is 0.318. The molecule has 0 saturated heterocycles. The molecule has 1 fully saturated rings. The van der Waals surface area contributed by atoms with Gasteiger partial charge in [-0.2, -0.15) is 0 Å². The van der Waals surface area contributed by atoms with E-state index in [0.717, 1.165) is 22.6 Å². The van der Waals surface area contributed by atoms with Crippen molar-refractivity contribution in [2.24, 2.45) is 16.8 Å². The summed E-state index contributed by atoms with van der Waals surface area (Å²) < 4.78 is 0.841. The predicted octanol–water partition coefficient (Wildman–Crippen LogP) is 2.39. The minimum Gasteiger partial charge on any atom is -0.409 e. The van der Waals surface area contributed by atoms with E-state index in [1.165, 1.54) is 12.8 Å². The Bertz CT molecular complexity index is 443. The Hall–Kier alpha value is -1.23. The normalized spacial score (nSPS) is 16.0. The molecule has 1 aromatic carbocycles. The first-order chi connectivity index (χ1) is 8.11. The van der Waals surface area contributed by atoms with Crippen molar-refractivity contribution in [1.29, 1.82) is 0 Å². The van der Waals surface area contributed by atoms with Gasteiger partial charge in [0, 0.05) is 29.3 Å². The molecule has 0 spiro atoms. The van der Waals surface area contributed by atoms with Crippen LogP contribution >= 0.6 is 15.9 Å². The molecule has 0 radical (unpaired) electrons. The highest BCUT2D eigenvalue weighted by Gasteiger charge is 2.23. The van der Waals surface area contributed by atoms with Crippen LogP contribution in [0, 0.1) is 5.92 Å². The molecule has 4 nitrogen and oxygen atoms in total. The van der Waals surface area contributed by atoms with Crippen molar-refractivity contribution in [1.82, 2.24) is 0 Å². The summed E-state index contributed by atoms with van der Waals surface area (Å²) in [7, 11) is 2.09. The Morgan fingerprint density at radius 1 is 1.59 bits per heavy atom. The van der Waals surface area contributed by atoms with Crippen molar-refractivity contribution >= 4 is 27.5 Å². The van der Waals surface area contributed by atoms with Gasteiger partial charge in [-0.3, -0.25) is 0 Å². The summed E-state index contributed by atoms with van der Waals surface area (Å²) in [4.78, 5) is 2.23. The highest BCUT2D eigenvalue weighted by molar-refractivity contribution is 9.10. The molecule has 0 heterocycles. The Balaban J connectivity index is 2.17. The zero-order chi connectivity index (χ0) is 12.4. The van der Waals surface area contributed by atoms with Gasteiger partial charge in [-0.1, -0.05) is 5.16 Å². The smallest absolute Gasteiger partial charge is 0.171 e. The van der Waals surface area contributed by atoms with Crippen LogP contribution in [0.2, 0.25) is 0 Å². The molecule has 0 aromatic heterocycles. The second-order valence-corrected chi connectivity index (χ2v) is 5.33. The fourth-order valence-corrected chi connectivity index (χ4v) is 2.37. The third-order valence-corrected chi connectivity index (χ3v) is 3.66. The van der Waals surface area contributed by atoms with Gasteiger partial charge in [0.1, 0.15) is 0 Å². The molecular weight excluding hydrogens is 282 g/mol. The van der Waals surface area contributed by atoms with Gasteiger partial charge in [-0.25, -0.2) is 0 Å². The topological polar surface area (TPSA) is 61.8 Å². The molecule has 0 bridgehead atoms. The fourth-order valence-electron chi connectivity index (χ4n) is 1.80. The number of halogens is 1. The Morgan fingerprint density at radius 2 is 2.29 bits per heavy atom. The van der Waals surface area contributed by atoms with Crippen LogP contribution in [0.25, 0.3) is 0 Å². The zero-order valence-electron chi connectivity index (χ0n) is 9.73. The van der Waals surface area contributed by atoms with Crippen molar-refractivity contribution < 1.29 is 5.21 Å². The van der Waals surface area contributed by atoms with Gasteiger partial charge >= 0.3 is 0 Å². The maximum atomic E-state index is 8.65. The number of amidine groups is 1. The molecular formula is C12H16BrN3O. The molecule has 1 aromatic rings. The average Bonchev–Trinajstić information content (AvgIpc) is 3.11. The summed E-state index contributed by atoms with van der Waals surface area (Å²) >= 11 is 3.44. The lowest BCUT2D eigenvalue weighted by atomic mass is 10.2. The zero-order valence-corrected chi connectivity index (χ0v) is 11.3. The van der Waals surface area contributed by atoms with Gasteiger partial charge in [-0.15, -0.1) is 0 Å². The molecule has 0 amide bonds. The maximum absolute atomic E-state index is 8.65. The number of hydrogen-bond acceptors (Lipinski definition) is 3. The first kappa shape index (κ1) is 12.2. The van der Waals surface area contributed by atoms with Crippen LogP contribution < -0.4 is 10.6 Å². The summed E-state index contributed by atoms with van der Waals surface area (Å²) in [6.07, 6.45) is 2.68. The average molecular weight is 298 g/mol. The number of rotatable bonds is 4. The van der Waals surface area contributed by atoms with Crippen LogP contribution in [0.15, 0.2) is 27.8 Å². The van der Waals surface area contributed by atoms with Gasteiger partial charge < -0.3 is 15.8 Å². The molecule has 1 aliphatic carbocycles. The minimum absolute atomic E-state index is 0.119. The van der Waals surface area contributed by atoms with E-state index in [2.05, 4.69) is 33.0 Å². The van der Waals surface area contributed by atoms with E-state index < -0.39 is 0 Å². The van der Waals surface area contributed by atoms with E-state index in [1.54, 1.807) is 0 Å². The van der Waals surface area contributed by atoms with Crippen molar-refractivity contribution in [2.45, 2.75) is 12.8 Å². The van der Waals surface area contributed by atoms with Crippen LogP contribution in [0.4, 0.5) is 5.69 Å². The molecule has 0 atom stereocenters. The van der Waals surface area contributed by atoms with E-state index in [0.29, 0.717) is 5.56 Å². The summed E-state index contributed by atoms with van der Waals surface area (Å²) in [5, 5.41) is 11.7. The SMILES string of the molecule is CN(CC1CC1)c1ccc(/C(N)=N/O)c(Br)c1. The summed E-state index contributed by atoms with van der Waals surface area (Å²) in [5.74, 6) is 0.968. The second kappa shape index (κ2) is 4.96. The molecule has 5 heteroatoms. The standard InChI is InChI=1S/C12H16BrN3O/c1-16(7-8-2-3-8)9-4-5-10(11(13)6-9)12(14)15-17/h4-6,8,17H,2-3,7H2,1H3,(H2,14,15). The van der Waals surface area contributed by atoms with Crippen LogP contribution in [0.1, 0.15) is 18.4 Å². The fraction of sp³-hybridized carbons (Fsp3) is 0.417. The van der Waals surface area contributed by atoms with Gasteiger partial charge in [-0.05, 0) is 52.9 Å². The lowest BCUT2D eigenvalue weighted by Gasteiger charge is -2.19.